The van der Waals surface area contributed by atoms with Crippen LogP contribution in [0.25, 0.3) is 11.0 Å². The van der Waals surface area contributed by atoms with Gasteiger partial charge in [-0.15, -0.1) is 0 Å². The van der Waals surface area contributed by atoms with Crippen molar-refractivity contribution in [1.29, 1.82) is 0 Å². The fourth-order valence-corrected chi connectivity index (χ4v) is 2.41. The summed E-state index contributed by atoms with van der Waals surface area (Å²) < 4.78 is 16.2. The highest BCUT2D eigenvalue weighted by Gasteiger charge is 2.16. The van der Waals surface area contributed by atoms with Crippen LogP contribution in [0.4, 0.5) is 0 Å². The van der Waals surface area contributed by atoms with Crippen LogP contribution >= 0.6 is 0 Å². The van der Waals surface area contributed by atoms with E-state index in [1.807, 2.05) is 12.1 Å². The summed E-state index contributed by atoms with van der Waals surface area (Å²) in [4.78, 5) is 18.7. The lowest BCUT2D eigenvalue weighted by Crippen LogP contribution is -1.99. The van der Waals surface area contributed by atoms with Gasteiger partial charge in [0.25, 0.3) is 0 Å². The molecule has 2 aromatic carbocycles. The molecular weight excluding hydrogens is 312 g/mol. The number of benzene rings is 2. The van der Waals surface area contributed by atoms with E-state index >= 15 is 0 Å². The Morgan fingerprint density at radius 2 is 1.79 bits per heavy atom. The highest BCUT2D eigenvalue weighted by molar-refractivity contribution is 6.02. The number of aromatic amines is 1. The minimum Gasteiger partial charge on any atom is -0.494 e. The molecule has 0 saturated carbocycles. The van der Waals surface area contributed by atoms with E-state index in [1.54, 1.807) is 25.3 Å². The van der Waals surface area contributed by atoms with Crippen LogP contribution in [0.2, 0.25) is 0 Å². The van der Waals surface area contributed by atoms with E-state index in [9.17, 15) is 9.90 Å². The van der Waals surface area contributed by atoms with Gasteiger partial charge in [-0.25, -0.2) is 9.78 Å². The van der Waals surface area contributed by atoms with Gasteiger partial charge in [0.15, 0.2) is 11.5 Å². The maximum Gasteiger partial charge on any atom is 0.337 e. The van der Waals surface area contributed by atoms with Crippen LogP contribution in [0, 0.1) is 0 Å². The summed E-state index contributed by atoms with van der Waals surface area (Å²) in [6.45, 7) is 0.136. The number of nitrogens with zero attached hydrogens (tertiary/aromatic N) is 1. The van der Waals surface area contributed by atoms with Gasteiger partial charge in [-0.2, -0.15) is 0 Å². The molecule has 124 valence electrons. The van der Waals surface area contributed by atoms with Gasteiger partial charge in [0.05, 0.1) is 25.3 Å². The number of aromatic nitrogens is 2. The fourth-order valence-electron chi connectivity index (χ4n) is 2.41. The lowest BCUT2D eigenvalue weighted by Gasteiger charge is -2.08. The number of carboxylic acid groups (broad SMARTS) is 1. The number of rotatable bonds is 6. The Hall–Kier alpha value is -3.22. The Morgan fingerprint density at radius 1 is 1.08 bits per heavy atom. The number of H-pyrrole nitrogens is 1. The number of aromatic carboxylic acids is 1. The molecule has 0 atom stereocenters. The highest BCUT2D eigenvalue weighted by Crippen LogP contribution is 2.29. The lowest BCUT2D eigenvalue weighted by atomic mass is 10.2. The maximum atomic E-state index is 11.4. The van der Waals surface area contributed by atoms with Crippen molar-refractivity contribution in [1.82, 2.24) is 9.97 Å². The van der Waals surface area contributed by atoms with Gasteiger partial charge < -0.3 is 24.3 Å². The van der Waals surface area contributed by atoms with Gasteiger partial charge in [-0.05, 0) is 24.3 Å². The number of para-hydroxylation sites is 2. The molecule has 1 heterocycles. The van der Waals surface area contributed by atoms with Gasteiger partial charge in [0.2, 0.25) is 0 Å². The number of hydrogen-bond acceptors (Lipinski definition) is 5. The van der Waals surface area contributed by atoms with Crippen molar-refractivity contribution < 1.29 is 24.1 Å². The second-order valence-electron chi connectivity index (χ2n) is 4.97. The van der Waals surface area contributed by atoms with E-state index < -0.39 is 5.97 Å². The number of hydrogen-bond donors (Lipinski definition) is 2. The van der Waals surface area contributed by atoms with Gasteiger partial charge in [0.1, 0.15) is 23.7 Å². The molecule has 0 amide bonds. The Kier molecular flexibility index (Phi) is 4.24. The zero-order valence-electron chi connectivity index (χ0n) is 13.2. The molecule has 24 heavy (non-hydrogen) atoms. The highest BCUT2D eigenvalue weighted by atomic mass is 16.5. The first-order valence-corrected chi connectivity index (χ1v) is 7.18. The van der Waals surface area contributed by atoms with Crippen LogP contribution in [0.1, 0.15) is 16.2 Å². The quantitative estimate of drug-likeness (QED) is 0.722. The van der Waals surface area contributed by atoms with E-state index in [0.29, 0.717) is 34.1 Å². The van der Waals surface area contributed by atoms with Crippen molar-refractivity contribution in [2.75, 3.05) is 14.2 Å². The molecule has 0 unspecified atom stereocenters. The van der Waals surface area contributed by atoms with Gasteiger partial charge in [-0.1, -0.05) is 12.1 Å². The SMILES string of the molecule is COc1ccccc1OCc1nc2c(OC)ccc(C(=O)O)c2[nH]1. The fraction of sp³-hybridized carbons (Fsp3) is 0.176. The summed E-state index contributed by atoms with van der Waals surface area (Å²) in [5.41, 5.74) is 0.985. The van der Waals surface area contributed by atoms with Crippen molar-refractivity contribution in [2.24, 2.45) is 0 Å². The third-order valence-corrected chi connectivity index (χ3v) is 3.54. The van der Waals surface area contributed by atoms with Crippen LogP contribution in [-0.2, 0) is 6.61 Å². The van der Waals surface area contributed by atoms with Crippen molar-refractivity contribution in [3.63, 3.8) is 0 Å². The van der Waals surface area contributed by atoms with E-state index in [1.165, 1.54) is 13.2 Å². The molecule has 2 N–H and O–H groups in total. The van der Waals surface area contributed by atoms with Crippen molar-refractivity contribution >= 4 is 17.0 Å². The molecule has 3 aromatic rings. The number of carboxylic acids is 1. The topological polar surface area (TPSA) is 93.7 Å². The second kappa shape index (κ2) is 6.49. The monoisotopic (exact) mass is 328 g/mol. The number of ether oxygens (including phenoxy) is 3. The Morgan fingerprint density at radius 3 is 2.46 bits per heavy atom. The number of imidazole rings is 1. The summed E-state index contributed by atoms with van der Waals surface area (Å²) in [6, 6.07) is 10.3. The molecule has 0 radical (unpaired) electrons. The largest absolute Gasteiger partial charge is 0.494 e. The Balaban J connectivity index is 1.93. The zero-order valence-corrected chi connectivity index (χ0v) is 13.2. The first kappa shape index (κ1) is 15.7. The van der Waals surface area contributed by atoms with Gasteiger partial charge in [0, 0.05) is 0 Å². The number of carbonyl (C=O) groups is 1. The lowest BCUT2D eigenvalue weighted by molar-refractivity contribution is 0.0699. The van der Waals surface area contributed by atoms with Crippen LogP contribution in [0.15, 0.2) is 36.4 Å². The third-order valence-electron chi connectivity index (χ3n) is 3.54. The molecule has 1 aromatic heterocycles. The standard InChI is InChI=1S/C17H16N2O5/c1-22-11-5-3-4-6-12(11)24-9-14-18-15-10(17(20)21)7-8-13(23-2)16(15)19-14/h3-8H,9H2,1-2H3,(H,18,19)(H,20,21). The van der Waals surface area contributed by atoms with Crippen LogP contribution in [0.5, 0.6) is 17.2 Å². The molecule has 0 fully saturated rings. The molecule has 0 bridgehead atoms. The summed E-state index contributed by atoms with van der Waals surface area (Å²) >= 11 is 0. The van der Waals surface area contributed by atoms with E-state index in [-0.39, 0.29) is 12.2 Å². The first-order chi connectivity index (χ1) is 11.6. The van der Waals surface area contributed by atoms with E-state index in [2.05, 4.69) is 9.97 Å². The molecule has 0 saturated heterocycles. The summed E-state index contributed by atoms with van der Waals surface area (Å²) in [5, 5.41) is 9.30. The normalized spacial score (nSPS) is 10.6. The van der Waals surface area contributed by atoms with Crippen molar-refractivity contribution in [2.45, 2.75) is 6.61 Å². The summed E-state index contributed by atoms with van der Waals surface area (Å²) in [6.07, 6.45) is 0. The molecule has 0 spiro atoms. The Bertz CT molecular complexity index is 888. The van der Waals surface area contributed by atoms with Crippen molar-refractivity contribution in [3.8, 4) is 17.2 Å². The molecule has 0 aliphatic heterocycles. The molecule has 0 aliphatic rings. The predicted molar refractivity (Wildman–Crippen MR) is 86.9 cm³/mol. The third kappa shape index (κ3) is 2.83. The molecular formula is C17H16N2O5. The smallest absolute Gasteiger partial charge is 0.337 e. The average molecular weight is 328 g/mol. The number of nitrogens with one attached hydrogen (secondary N) is 1. The second-order valence-corrected chi connectivity index (χ2v) is 4.97. The maximum absolute atomic E-state index is 11.4. The van der Waals surface area contributed by atoms with Crippen LogP contribution < -0.4 is 14.2 Å². The van der Waals surface area contributed by atoms with Crippen LogP contribution in [-0.4, -0.2) is 35.3 Å². The molecule has 7 nitrogen and oxygen atoms in total. The van der Waals surface area contributed by atoms with E-state index in [4.69, 9.17) is 14.2 Å². The number of fused-ring (bicyclic) bond motifs is 1. The van der Waals surface area contributed by atoms with Crippen molar-refractivity contribution in [3.05, 3.63) is 47.8 Å². The van der Waals surface area contributed by atoms with Gasteiger partial charge >= 0.3 is 5.97 Å². The first-order valence-electron chi connectivity index (χ1n) is 7.18. The molecule has 7 heteroatoms. The number of methoxy groups -OCH3 is 2. The zero-order chi connectivity index (χ0) is 17.1. The summed E-state index contributed by atoms with van der Waals surface area (Å²) in [5.74, 6) is 1.13. The van der Waals surface area contributed by atoms with Gasteiger partial charge in [-0.3, -0.25) is 0 Å². The minimum atomic E-state index is -1.04. The summed E-state index contributed by atoms with van der Waals surface area (Å²) in [7, 11) is 3.07. The molecule has 0 aliphatic carbocycles. The van der Waals surface area contributed by atoms with Crippen LogP contribution in [0.3, 0.4) is 0 Å². The minimum absolute atomic E-state index is 0.127. The molecule has 3 rings (SSSR count). The van der Waals surface area contributed by atoms with E-state index in [0.717, 1.165) is 0 Å². The average Bonchev–Trinajstić information content (AvgIpc) is 3.03. The Labute approximate surface area is 137 Å². The predicted octanol–water partition coefficient (Wildman–Crippen LogP) is 2.86.